The van der Waals surface area contributed by atoms with Crippen LogP contribution in [0.25, 0.3) is 22.3 Å². The highest BCUT2D eigenvalue weighted by molar-refractivity contribution is 6.05. The lowest BCUT2D eigenvalue weighted by atomic mass is 10.0. The molecule has 0 bridgehead atoms. The first-order valence-electron chi connectivity index (χ1n) is 9.48. The number of fused-ring (bicyclic) bond motifs is 1. The van der Waals surface area contributed by atoms with E-state index >= 15 is 0 Å². The minimum Gasteiger partial charge on any atom is -0.463 e. The number of rotatable bonds is 6. The Balaban J connectivity index is 1.92. The van der Waals surface area contributed by atoms with Crippen molar-refractivity contribution in [1.82, 2.24) is 5.32 Å². The van der Waals surface area contributed by atoms with E-state index < -0.39 is 5.91 Å². The Kier molecular flexibility index (Phi) is 6.12. The average molecular weight is 393 g/mol. The number of carbonyl (C=O) groups is 2. The zero-order chi connectivity index (χ0) is 21.0. The third-order valence-electron chi connectivity index (χ3n) is 4.41. The van der Waals surface area contributed by atoms with Crippen LogP contribution >= 0.6 is 0 Å². The highest BCUT2D eigenvalue weighted by Crippen LogP contribution is 2.27. The fraction of sp³-hybridized carbons (Fsp3) is 0.261. The second kappa shape index (κ2) is 8.73. The molecule has 1 aromatic heterocycles. The van der Waals surface area contributed by atoms with Gasteiger partial charge in [0.25, 0.3) is 5.91 Å². The predicted molar refractivity (Wildman–Crippen MR) is 111 cm³/mol. The first-order valence-corrected chi connectivity index (χ1v) is 9.48. The van der Waals surface area contributed by atoms with Crippen LogP contribution in [-0.4, -0.2) is 24.5 Å². The summed E-state index contributed by atoms with van der Waals surface area (Å²) in [5, 5.41) is 3.03. The zero-order valence-electron chi connectivity index (χ0n) is 16.7. The molecule has 0 aliphatic heterocycles. The number of ether oxygens (including phenoxy) is 1. The first kappa shape index (κ1) is 20.3. The standard InChI is InChI=1S/C23H23NO5/c1-14(2)28-19(25)12-13-24-23(27)18-11-7-10-17-20(26)15(3)21(29-22(17)18)16-8-5-4-6-9-16/h4-11,14H,12-13H2,1-3H3,(H,24,27). The normalized spacial score (nSPS) is 10.9. The lowest BCUT2D eigenvalue weighted by Crippen LogP contribution is -2.27. The van der Waals surface area contributed by atoms with Crippen LogP contribution < -0.4 is 10.7 Å². The molecular weight excluding hydrogens is 370 g/mol. The molecule has 6 nitrogen and oxygen atoms in total. The van der Waals surface area contributed by atoms with Gasteiger partial charge in [-0.05, 0) is 32.9 Å². The summed E-state index contributed by atoms with van der Waals surface area (Å²) >= 11 is 0. The minimum atomic E-state index is -0.418. The van der Waals surface area contributed by atoms with Gasteiger partial charge >= 0.3 is 5.97 Å². The summed E-state index contributed by atoms with van der Waals surface area (Å²) in [6, 6.07) is 14.2. The summed E-state index contributed by atoms with van der Waals surface area (Å²) in [6.07, 6.45) is -0.141. The summed E-state index contributed by atoms with van der Waals surface area (Å²) in [5.74, 6) is -0.366. The van der Waals surface area contributed by atoms with Crippen molar-refractivity contribution in [3.63, 3.8) is 0 Å². The molecule has 3 aromatic rings. The molecule has 0 saturated heterocycles. The van der Waals surface area contributed by atoms with Crippen LogP contribution in [-0.2, 0) is 9.53 Å². The van der Waals surface area contributed by atoms with Crippen molar-refractivity contribution in [1.29, 1.82) is 0 Å². The van der Waals surface area contributed by atoms with E-state index in [0.717, 1.165) is 5.56 Å². The summed E-state index contributed by atoms with van der Waals surface area (Å²) in [4.78, 5) is 37.2. The topological polar surface area (TPSA) is 85.6 Å². The summed E-state index contributed by atoms with van der Waals surface area (Å²) in [6.45, 7) is 5.37. The number of esters is 1. The Labute approximate surface area is 168 Å². The lowest BCUT2D eigenvalue weighted by Gasteiger charge is -2.11. The summed E-state index contributed by atoms with van der Waals surface area (Å²) in [7, 11) is 0. The number of benzene rings is 2. The lowest BCUT2D eigenvalue weighted by molar-refractivity contribution is -0.147. The van der Waals surface area contributed by atoms with Crippen molar-refractivity contribution in [2.24, 2.45) is 0 Å². The van der Waals surface area contributed by atoms with E-state index in [-0.39, 0.29) is 41.6 Å². The Morgan fingerprint density at radius 1 is 1.07 bits per heavy atom. The second-order valence-corrected chi connectivity index (χ2v) is 6.98. The number of carbonyl (C=O) groups excluding carboxylic acids is 2. The fourth-order valence-electron chi connectivity index (χ4n) is 3.05. The van der Waals surface area contributed by atoms with Gasteiger partial charge in [-0.25, -0.2) is 0 Å². The molecule has 2 aromatic carbocycles. The average Bonchev–Trinajstić information content (AvgIpc) is 2.70. The van der Waals surface area contributed by atoms with Gasteiger partial charge < -0.3 is 14.5 Å². The molecule has 0 unspecified atom stereocenters. The molecule has 0 atom stereocenters. The number of para-hydroxylation sites is 1. The van der Waals surface area contributed by atoms with Crippen LogP contribution in [0.2, 0.25) is 0 Å². The molecule has 0 fully saturated rings. The first-order chi connectivity index (χ1) is 13.9. The van der Waals surface area contributed by atoms with E-state index in [9.17, 15) is 14.4 Å². The van der Waals surface area contributed by atoms with Gasteiger partial charge in [0.1, 0.15) is 5.76 Å². The van der Waals surface area contributed by atoms with E-state index in [1.807, 2.05) is 30.3 Å². The quantitative estimate of drug-likeness (QED) is 0.643. The monoisotopic (exact) mass is 393 g/mol. The second-order valence-electron chi connectivity index (χ2n) is 6.98. The molecule has 1 heterocycles. The maximum absolute atomic E-state index is 12.9. The van der Waals surface area contributed by atoms with Crippen molar-refractivity contribution in [3.05, 3.63) is 69.9 Å². The molecule has 0 aliphatic carbocycles. The van der Waals surface area contributed by atoms with Gasteiger partial charge in [-0.15, -0.1) is 0 Å². The van der Waals surface area contributed by atoms with Gasteiger partial charge in [-0.2, -0.15) is 0 Å². The third-order valence-corrected chi connectivity index (χ3v) is 4.41. The largest absolute Gasteiger partial charge is 0.463 e. The van der Waals surface area contributed by atoms with Crippen LogP contribution in [0.4, 0.5) is 0 Å². The van der Waals surface area contributed by atoms with Crippen molar-refractivity contribution in [3.8, 4) is 11.3 Å². The zero-order valence-corrected chi connectivity index (χ0v) is 16.7. The molecule has 29 heavy (non-hydrogen) atoms. The number of nitrogens with one attached hydrogen (secondary N) is 1. The van der Waals surface area contributed by atoms with Gasteiger partial charge in [-0.3, -0.25) is 14.4 Å². The molecular formula is C23H23NO5. The van der Waals surface area contributed by atoms with Gasteiger partial charge in [0.05, 0.1) is 23.5 Å². The van der Waals surface area contributed by atoms with Gasteiger partial charge in [0.2, 0.25) is 0 Å². The fourth-order valence-corrected chi connectivity index (χ4v) is 3.05. The number of hydrogen-bond acceptors (Lipinski definition) is 5. The minimum absolute atomic E-state index is 0.0625. The Morgan fingerprint density at radius 3 is 2.48 bits per heavy atom. The molecule has 0 saturated carbocycles. The highest BCUT2D eigenvalue weighted by atomic mass is 16.5. The molecule has 6 heteroatoms. The van der Waals surface area contributed by atoms with Crippen LogP contribution in [0.3, 0.4) is 0 Å². The Hall–Kier alpha value is -3.41. The number of amides is 1. The molecule has 3 rings (SSSR count). The Bertz CT molecular complexity index is 1100. The van der Waals surface area contributed by atoms with Gasteiger partial charge in [0, 0.05) is 17.7 Å². The van der Waals surface area contributed by atoms with Crippen molar-refractivity contribution in [2.75, 3.05) is 6.54 Å². The highest BCUT2D eigenvalue weighted by Gasteiger charge is 2.18. The van der Waals surface area contributed by atoms with Gasteiger partial charge in [-0.1, -0.05) is 36.4 Å². The smallest absolute Gasteiger partial charge is 0.307 e. The van der Waals surface area contributed by atoms with E-state index in [0.29, 0.717) is 16.7 Å². The predicted octanol–water partition coefficient (Wildman–Crippen LogP) is 3.84. The third kappa shape index (κ3) is 4.54. The molecule has 1 N–H and O–H groups in total. The molecule has 0 aliphatic rings. The van der Waals surface area contributed by atoms with Crippen LogP contribution in [0.15, 0.2) is 57.7 Å². The maximum atomic E-state index is 12.9. The summed E-state index contributed by atoms with van der Waals surface area (Å²) < 4.78 is 11.1. The van der Waals surface area contributed by atoms with Gasteiger partial charge in [0.15, 0.2) is 11.0 Å². The SMILES string of the molecule is Cc1c(-c2ccccc2)oc2c(C(=O)NCCC(=O)OC(C)C)cccc2c1=O. The van der Waals surface area contributed by atoms with Crippen molar-refractivity contribution < 1.29 is 18.7 Å². The van der Waals surface area contributed by atoms with Crippen LogP contribution in [0.1, 0.15) is 36.2 Å². The Morgan fingerprint density at radius 2 is 1.79 bits per heavy atom. The molecule has 0 radical (unpaired) electrons. The van der Waals surface area contributed by atoms with Crippen molar-refractivity contribution in [2.45, 2.75) is 33.3 Å². The van der Waals surface area contributed by atoms with Crippen LogP contribution in [0, 0.1) is 6.92 Å². The van der Waals surface area contributed by atoms with E-state index in [2.05, 4.69) is 5.32 Å². The maximum Gasteiger partial charge on any atom is 0.307 e. The van der Waals surface area contributed by atoms with E-state index in [4.69, 9.17) is 9.15 Å². The number of hydrogen-bond donors (Lipinski definition) is 1. The van der Waals surface area contributed by atoms with Crippen LogP contribution in [0.5, 0.6) is 0 Å². The molecule has 150 valence electrons. The van der Waals surface area contributed by atoms with Crippen molar-refractivity contribution >= 4 is 22.8 Å². The summed E-state index contributed by atoms with van der Waals surface area (Å²) in [5.41, 5.74) is 1.53. The molecule has 0 spiro atoms. The van der Waals surface area contributed by atoms with E-state index in [1.165, 1.54) is 0 Å². The molecule has 1 amide bonds. The van der Waals surface area contributed by atoms with E-state index in [1.54, 1.807) is 39.0 Å².